The van der Waals surface area contributed by atoms with Gasteiger partial charge in [0.15, 0.2) is 0 Å². The molecule has 3 nitrogen and oxygen atoms in total. The van der Waals surface area contributed by atoms with Crippen molar-refractivity contribution in [3.63, 3.8) is 0 Å². The number of nitrogens with zero attached hydrogens (tertiary/aromatic N) is 1. The van der Waals surface area contributed by atoms with Gasteiger partial charge in [-0.1, -0.05) is 11.6 Å². The topological polar surface area (TPSA) is 45.8 Å². The van der Waals surface area contributed by atoms with Crippen molar-refractivity contribution in [1.29, 1.82) is 0 Å². The smallest absolute Gasteiger partial charge is 0.265 e. The zero-order valence-corrected chi connectivity index (χ0v) is 12.6. The molecule has 0 saturated carbocycles. The van der Waals surface area contributed by atoms with Crippen molar-refractivity contribution in [2.75, 3.05) is 0 Å². The molecule has 2 aromatic rings. The minimum Gasteiger partial charge on any atom is -0.306 e. The molecule has 0 fully saturated rings. The molecule has 0 aliphatic heterocycles. The fourth-order valence-electron chi connectivity index (χ4n) is 1.35. The molecule has 0 aliphatic rings. The summed E-state index contributed by atoms with van der Waals surface area (Å²) in [5.41, 5.74) is 1.25. The van der Waals surface area contributed by atoms with Gasteiger partial charge in [-0.3, -0.25) is 4.79 Å². The lowest BCUT2D eigenvalue weighted by atomic mass is 10.2. The molecular formula is C11H7Br2ClN2O. The Hall–Kier alpha value is -0.650. The van der Waals surface area contributed by atoms with Crippen molar-refractivity contribution in [2.24, 2.45) is 0 Å². The van der Waals surface area contributed by atoms with E-state index in [2.05, 4.69) is 41.8 Å². The van der Waals surface area contributed by atoms with E-state index in [-0.39, 0.29) is 5.56 Å². The molecule has 0 bridgehead atoms. The Morgan fingerprint density at radius 3 is 2.65 bits per heavy atom. The van der Waals surface area contributed by atoms with Crippen molar-refractivity contribution in [3.8, 4) is 11.4 Å². The third kappa shape index (κ3) is 2.61. The van der Waals surface area contributed by atoms with Gasteiger partial charge in [0.1, 0.15) is 10.3 Å². The average molecular weight is 378 g/mol. The number of aryl methyl sites for hydroxylation is 1. The van der Waals surface area contributed by atoms with Crippen LogP contribution < -0.4 is 5.56 Å². The van der Waals surface area contributed by atoms with Crippen molar-refractivity contribution < 1.29 is 0 Å². The van der Waals surface area contributed by atoms with E-state index < -0.39 is 0 Å². The van der Waals surface area contributed by atoms with E-state index in [1.165, 1.54) is 0 Å². The predicted molar refractivity (Wildman–Crippen MR) is 75.4 cm³/mol. The van der Waals surface area contributed by atoms with Crippen LogP contribution in [0, 0.1) is 6.92 Å². The summed E-state index contributed by atoms with van der Waals surface area (Å²) in [7, 11) is 0. The Morgan fingerprint density at radius 2 is 2.06 bits per heavy atom. The van der Waals surface area contributed by atoms with Crippen LogP contribution in [-0.2, 0) is 0 Å². The standard InChI is InChI=1S/C11H7Br2ClN2O/c1-5-9(13)11(17)16-10(15-5)6-2-3-8(14)7(12)4-6/h2-4H,1H3,(H,15,16,17). The highest BCUT2D eigenvalue weighted by Crippen LogP contribution is 2.27. The van der Waals surface area contributed by atoms with Gasteiger partial charge >= 0.3 is 0 Å². The van der Waals surface area contributed by atoms with Crippen molar-refractivity contribution in [3.05, 3.63) is 48.2 Å². The molecule has 17 heavy (non-hydrogen) atoms. The second-order valence-corrected chi connectivity index (χ2v) is 5.50. The predicted octanol–water partition coefficient (Wildman–Crippen LogP) is 3.92. The highest BCUT2D eigenvalue weighted by atomic mass is 79.9. The second-order valence-electron chi connectivity index (χ2n) is 3.44. The molecule has 0 unspecified atom stereocenters. The first-order valence-electron chi connectivity index (χ1n) is 4.71. The van der Waals surface area contributed by atoms with Crippen molar-refractivity contribution >= 4 is 43.5 Å². The van der Waals surface area contributed by atoms with Gasteiger partial charge in [0.05, 0.1) is 10.7 Å². The summed E-state index contributed by atoms with van der Waals surface area (Å²) < 4.78 is 1.22. The highest BCUT2D eigenvalue weighted by Gasteiger charge is 2.08. The molecule has 1 N–H and O–H groups in total. The molecule has 1 aromatic heterocycles. The van der Waals surface area contributed by atoms with Crippen LogP contribution in [0.15, 0.2) is 31.9 Å². The lowest BCUT2D eigenvalue weighted by Crippen LogP contribution is -2.11. The number of H-pyrrole nitrogens is 1. The van der Waals surface area contributed by atoms with Gasteiger partial charge in [-0.2, -0.15) is 0 Å². The van der Waals surface area contributed by atoms with E-state index >= 15 is 0 Å². The number of benzene rings is 1. The van der Waals surface area contributed by atoms with Crippen LogP contribution in [0.5, 0.6) is 0 Å². The number of nitrogens with one attached hydrogen (secondary N) is 1. The third-order valence-corrected chi connectivity index (χ3v) is 4.37. The molecule has 0 amide bonds. The normalized spacial score (nSPS) is 10.6. The summed E-state index contributed by atoms with van der Waals surface area (Å²) in [4.78, 5) is 18.6. The van der Waals surface area contributed by atoms with Gasteiger partial charge in [-0.05, 0) is 57.0 Å². The van der Waals surface area contributed by atoms with Crippen LogP contribution in [0.25, 0.3) is 11.4 Å². The lowest BCUT2D eigenvalue weighted by molar-refractivity contribution is 1.05. The Bertz CT molecular complexity index is 640. The quantitative estimate of drug-likeness (QED) is 0.817. The summed E-state index contributed by atoms with van der Waals surface area (Å²) in [6, 6.07) is 5.37. The van der Waals surface area contributed by atoms with E-state index in [9.17, 15) is 4.79 Å². The molecule has 1 aromatic carbocycles. The fourth-order valence-corrected chi connectivity index (χ4v) is 2.04. The van der Waals surface area contributed by atoms with Crippen LogP contribution >= 0.6 is 43.5 Å². The summed E-state index contributed by atoms with van der Waals surface area (Å²) in [5.74, 6) is 0.521. The summed E-state index contributed by atoms with van der Waals surface area (Å²) in [6.45, 7) is 1.77. The van der Waals surface area contributed by atoms with E-state index in [4.69, 9.17) is 11.6 Å². The van der Waals surface area contributed by atoms with Gasteiger partial charge < -0.3 is 4.98 Å². The van der Waals surface area contributed by atoms with E-state index in [1.54, 1.807) is 19.1 Å². The zero-order chi connectivity index (χ0) is 12.6. The summed E-state index contributed by atoms with van der Waals surface area (Å²) in [5, 5.41) is 0.616. The van der Waals surface area contributed by atoms with Gasteiger partial charge in [0.25, 0.3) is 5.56 Å². The number of hydrogen-bond acceptors (Lipinski definition) is 2. The van der Waals surface area contributed by atoms with Gasteiger partial charge in [0, 0.05) is 10.0 Å². The van der Waals surface area contributed by atoms with Crippen LogP contribution in [0.1, 0.15) is 5.69 Å². The summed E-state index contributed by atoms with van der Waals surface area (Å²) >= 11 is 12.4. The maximum absolute atomic E-state index is 11.6. The van der Waals surface area contributed by atoms with Crippen LogP contribution in [0.4, 0.5) is 0 Å². The molecule has 0 aliphatic carbocycles. The molecule has 1 heterocycles. The molecular weight excluding hydrogens is 371 g/mol. The van der Waals surface area contributed by atoms with Crippen molar-refractivity contribution in [1.82, 2.24) is 9.97 Å². The minimum atomic E-state index is -0.196. The molecule has 88 valence electrons. The van der Waals surface area contributed by atoms with E-state index in [0.717, 1.165) is 10.0 Å². The Kier molecular flexibility index (Phi) is 3.70. The second kappa shape index (κ2) is 4.92. The maximum atomic E-state index is 11.6. The SMILES string of the molecule is Cc1nc(-c2ccc(Cl)c(Br)c2)[nH]c(=O)c1Br. The maximum Gasteiger partial charge on any atom is 0.265 e. The first-order chi connectivity index (χ1) is 7.99. The number of hydrogen-bond donors (Lipinski definition) is 1. The Morgan fingerprint density at radius 1 is 1.35 bits per heavy atom. The zero-order valence-electron chi connectivity index (χ0n) is 8.72. The van der Waals surface area contributed by atoms with Crippen LogP contribution in [0.3, 0.4) is 0 Å². The van der Waals surface area contributed by atoms with Gasteiger partial charge in [-0.15, -0.1) is 0 Å². The highest BCUT2D eigenvalue weighted by molar-refractivity contribution is 9.10. The van der Waals surface area contributed by atoms with Crippen LogP contribution in [0.2, 0.25) is 5.02 Å². The summed E-state index contributed by atoms with van der Waals surface area (Å²) in [6.07, 6.45) is 0. The lowest BCUT2D eigenvalue weighted by Gasteiger charge is -2.04. The van der Waals surface area contributed by atoms with Crippen molar-refractivity contribution in [2.45, 2.75) is 6.92 Å². The Balaban J connectivity index is 2.61. The molecule has 0 spiro atoms. The third-order valence-electron chi connectivity index (χ3n) is 2.22. The average Bonchev–Trinajstić information content (AvgIpc) is 2.29. The molecule has 0 atom stereocenters. The number of halogens is 3. The Labute approximate surface area is 119 Å². The van der Waals surface area contributed by atoms with E-state index in [0.29, 0.717) is 21.0 Å². The fraction of sp³-hybridized carbons (Fsp3) is 0.0909. The molecule has 0 saturated heterocycles. The van der Waals surface area contributed by atoms with Crippen LogP contribution in [-0.4, -0.2) is 9.97 Å². The largest absolute Gasteiger partial charge is 0.306 e. The minimum absolute atomic E-state index is 0.196. The van der Waals surface area contributed by atoms with E-state index in [1.807, 2.05) is 6.07 Å². The first-order valence-corrected chi connectivity index (χ1v) is 6.67. The molecule has 0 radical (unpaired) electrons. The number of aromatic amines is 1. The molecule has 2 rings (SSSR count). The number of rotatable bonds is 1. The monoisotopic (exact) mass is 376 g/mol. The van der Waals surface area contributed by atoms with Gasteiger partial charge in [0.2, 0.25) is 0 Å². The number of aromatic nitrogens is 2. The first kappa shape index (κ1) is 12.8. The van der Waals surface area contributed by atoms with Gasteiger partial charge in [-0.25, -0.2) is 4.98 Å². The molecule has 6 heteroatoms.